The van der Waals surface area contributed by atoms with Crippen LogP contribution >= 0.6 is 31.9 Å². The van der Waals surface area contributed by atoms with Gasteiger partial charge in [0.05, 0.1) is 6.04 Å². The lowest BCUT2D eigenvalue weighted by Gasteiger charge is -2.22. The van der Waals surface area contributed by atoms with Gasteiger partial charge in [-0.2, -0.15) is 0 Å². The topological polar surface area (TPSA) is 42.7 Å². The molecule has 3 rings (SSSR count). The Bertz CT molecular complexity index is 594. The maximum Gasteiger partial charge on any atom is 0.165 e. The minimum atomic E-state index is 0.255. The Morgan fingerprint density at radius 1 is 1.33 bits per heavy atom. The molecule has 4 nitrogen and oxygen atoms in total. The van der Waals surface area contributed by atoms with Crippen LogP contribution in [0.25, 0.3) is 11.4 Å². The Morgan fingerprint density at radius 3 is 3.00 bits per heavy atom. The van der Waals surface area contributed by atoms with Gasteiger partial charge >= 0.3 is 0 Å². The van der Waals surface area contributed by atoms with Crippen molar-refractivity contribution in [3.05, 3.63) is 33.0 Å². The van der Waals surface area contributed by atoms with Crippen molar-refractivity contribution in [2.45, 2.75) is 19.5 Å². The number of nitrogens with zero attached hydrogens (tertiary/aromatic N) is 3. The van der Waals surface area contributed by atoms with Crippen molar-refractivity contribution in [2.24, 2.45) is 0 Å². The first kappa shape index (κ1) is 12.3. The van der Waals surface area contributed by atoms with Gasteiger partial charge in [-0.05, 0) is 25.1 Å². The summed E-state index contributed by atoms with van der Waals surface area (Å²) in [6, 6.07) is 6.34. The van der Waals surface area contributed by atoms with Crippen LogP contribution in [0.2, 0.25) is 0 Å². The molecule has 2 aromatic rings. The first-order chi connectivity index (χ1) is 8.66. The number of hydrogen-bond acceptors (Lipinski definition) is 3. The number of hydrogen-bond donors (Lipinski definition) is 1. The molecule has 1 N–H and O–H groups in total. The molecule has 6 heteroatoms. The molecule has 0 bridgehead atoms. The van der Waals surface area contributed by atoms with E-state index in [1.165, 1.54) is 0 Å². The highest BCUT2D eigenvalue weighted by Crippen LogP contribution is 2.31. The largest absolute Gasteiger partial charge is 0.308 e. The van der Waals surface area contributed by atoms with Crippen molar-refractivity contribution in [3.8, 4) is 11.4 Å². The van der Waals surface area contributed by atoms with Gasteiger partial charge in [0.15, 0.2) is 5.82 Å². The molecule has 1 aliphatic rings. The zero-order chi connectivity index (χ0) is 12.7. The molecule has 1 unspecified atom stereocenters. The van der Waals surface area contributed by atoms with Gasteiger partial charge in [-0.1, -0.05) is 31.9 Å². The highest BCUT2D eigenvalue weighted by Gasteiger charge is 2.22. The summed E-state index contributed by atoms with van der Waals surface area (Å²) in [5.41, 5.74) is 1.07. The van der Waals surface area contributed by atoms with E-state index < -0.39 is 0 Å². The van der Waals surface area contributed by atoms with E-state index in [0.717, 1.165) is 39.2 Å². The molecule has 0 amide bonds. The third-order valence-corrected chi connectivity index (χ3v) is 4.31. The minimum Gasteiger partial charge on any atom is -0.308 e. The van der Waals surface area contributed by atoms with E-state index in [0.29, 0.717) is 0 Å². The molecule has 0 aliphatic carbocycles. The van der Waals surface area contributed by atoms with E-state index in [1.54, 1.807) is 0 Å². The molecule has 94 valence electrons. The molecule has 0 spiro atoms. The molecule has 0 saturated carbocycles. The zero-order valence-corrected chi connectivity index (χ0v) is 13.0. The number of aromatic nitrogens is 3. The lowest BCUT2D eigenvalue weighted by Crippen LogP contribution is -2.32. The quantitative estimate of drug-likeness (QED) is 0.837. The molecule has 18 heavy (non-hydrogen) atoms. The van der Waals surface area contributed by atoms with E-state index in [1.807, 2.05) is 12.1 Å². The smallest absolute Gasteiger partial charge is 0.165 e. The van der Waals surface area contributed by atoms with Gasteiger partial charge in [-0.25, -0.2) is 0 Å². The summed E-state index contributed by atoms with van der Waals surface area (Å²) in [6.45, 7) is 3.96. The van der Waals surface area contributed by atoms with Gasteiger partial charge in [0.25, 0.3) is 0 Å². The number of halogens is 2. The van der Waals surface area contributed by atoms with Crippen molar-refractivity contribution < 1.29 is 0 Å². The summed E-state index contributed by atoms with van der Waals surface area (Å²) in [5.74, 6) is 1.93. The summed E-state index contributed by atoms with van der Waals surface area (Å²) < 4.78 is 4.26. The first-order valence-electron chi connectivity index (χ1n) is 5.78. The molecule has 0 radical (unpaired) electrons. The molecule has 2 heterocycles. The van der Waals surface area contributed by atoms with E-state index in [9.17, 15) is 0 Å². The van der Waals surface area contributed by atoms with Crippen molar-refractivity contribution in [2.75, 3.05) is 6.54 Å². The minimum absolute atomic E-state index is 0.255. The van der Waals surface area contributed by atoms with Gasteiger partial charge < -0.3 is 9.88 Å². The average Bonchev–Trinajstić information content (AvgIpc) is 2.77. The summed E-state index contributed by atoms with van der Waals surface area (Å²) >= 11 is 7.08. The van der Waals surface area contributed by atoms with Crippen LogP contribution in [0.15, 0.2) is 27.1 Å². The van der Waals surface area contributed by atoms with Crippen LogP contribution in [-0.4, -0.2) is 21.3 Å². The van der Waals surface area contributed by atoms with Crippen LogP contribution in [0, 0.1) is 0 Å². The number of benzene rings is 1. The van der Waals surface area contributed by atoms with Gasteiger partial charge in [0.2, 0.25) is 0 Å². The number of fused-ring (bicyclic) bond motifs is 1. The van der Waals surface area contributed by atoms with Crippen molar-refractivity contribution in [1.29, 1.82) is 0 Å². The monoisotopic (exact) mass is 370 g/mol. The summed E-state index contributed by atoms with van der Waals surface area (Å²) in [6.07, 6.45) is 0. The first-order valence-corrected chi connectivity index (χ1v) is 7.37. The Labute approximate surface area is 122 Å². The fourth-order valence-electron chi connectivity index (χ4n) is 2.21. The molecule has 1 atom stereocenters. The number of nitrogens with one attached hydrogen (secondary N) is 1. The lowest BCUT2D eigenvalue weighted by molar-refractivity contribution is 0.439. The molecule has 1 aromatic heterocycles. The molecule has 1 aliphatic heterocycles. The third-order valence-electron chi connectivity index (χ3n) is 3.12. The fourth-order valence-corrected chi connectivity index (χ4v) is 2.99. The SMILES string of the molecule is CC1NCCn2c(-c3cc(Br)ccc3Br)nnc21. The highest BCUT2D eigenvalue weighted by atomic mass is 79.9. The molecular weight excluding hydrogens is 360 g/mol. The van der Waals surface area contributed by atoms with E-state index >= 15 is 0 Å². The van der Waals surface area contributed by atoms with Crippen molar-refractivity contribution >= 4 is 31.9 Å². The van der Waals surface area contributed by atoms with Crippen LogP contribution in [0.3, 0.4) is 0 Å². The van der Waals surface area contributed by atoms with E-state index in [4.69, 9.17) is 0 Å². The lowest BCUT2D eigenvalue weighted by atomic mass is 10.2. The predicted molar refractivity (Wildman–Crippen MR) is 77.3 cm³/mol. The second-order valence-corrected chi connectivity index (χ2v) is 6.10. The molecular formula is C12H12Br2N4. The zero-order valence-electron chi connectivity index (χ0n) is 9.82. The Morgan fingerprint density at radius 2 is 2.17 bits per heavy atom. The second-order valence-electron chi connectivity index (χ2n) is 4.33. The Balaban J connectivity index is 2.15. The van der Waals surface area contributed by atoms with Crippen LogP contribution < -0.4 is 5.32 Å². The number of rotatable bonds is 1. The summed E-state index contributed by atoms with van der Waals surface area (Å²) in [4.78, 5) is 0. The maximum atomic E-state index is 4.34. The van der Waals surface area contributed by atoms with Gasteiger partial charge in [-0.15, -0.1) is 10.2 Å². The Kier molecular flexibility index (Phi) is 3.25. The predicted octanol–water partition coefficient (Wildman–Crippen LogP) is 3.13. The average molecular weight is 372 g/mol. The summed E-state index contributed by atoms with van der Waals surface area (Å²) in [7, 11) is 0. The van der Waals surface area contributed by atoms with Crippen LogP contribution in [-0.2, 0) is 6.54 Å². The van der Waals surface area contributed by atoms with Crippen LogP contribution in [0.1, 0.15) is 18.8 Å². The molecule has 0 saturated heterocycles. The molecule has 0 fully saturated rings. The maximum absolute atomic E-state index is 4.34. The fraction of sp³-hybridized carbons (Fsp3) is 0.333. The standard InChI is InChI=1S/C12H12Br2N4/c1-7-11-16-17-12(18(11)5-4-15-7)9-6-8(13)2-3-10(9)14/h2-3,6-7,15H,4-5H2,1H3. The van der Waals surface area contributed by atoms with Crippen molar-refractivity contribution in [3.63, 3.8) is 0 Å². The normalized spacial score (nSPS) is 18.7. The molecule has 1 aromatic carbocycles. The van der Waals surface area contributed by atoms with E-state index in [-0.39, 0.29) is 6.04 Å². The van der Waals surface area contributed by atoms with Crippen LogP contribution in [0.4, 0.5) is 0 Å². The second kappa shape index (κ2) is 4.75. The third kappa shape index (κ3) is 2.02. The van der Waals surface area contributed by atoms with Gasteiger partial charge in [-0.3, -0.25) is 0 Å². The summed E-state index contributed by atoms with van der Waals surface area (Å²) in [5, 5.41) is 12.0. The van der Waals surface area contributed by atoms with E-state index in [2.05, 4.69) is 64.9 Å². The Hall–Kier alpha value is -0.720. The highest BCUT2D eigenvalue weighted by molar-refractivity contribution is 9.11. The van der Waals surface area contributed by atoms with Gasteiger partial charge in [0, 0.05) is 27.6 Å². The van der Waals surface area contributed by atoms with Crippen molar-refractivity contribution in [1.82, 2.24) is 20.1 Å². The van der Waals surface area contributed by atoms with Crippen LogP contribution in [0.5, 0.6) is 0 Å². The van der Waals surface area contributed by atoms with Gasteiger partial charge in [0.1, 0.15) is 5.82 Å².